The third-order valence-electron chi connectivity index (χ3n) is 6.84. The summed E-state index contributed by atoms with van der Waals surface area (Å²) in [5.41, 5.74) is 2.15. The van der Waals surface area contributed by atoms with Crippen LogP contribution in [0.3, 0.4) is 0 Å². The standard InChI is InChI=1S/C26H32N2O5S/c1-16(2)34(31,32)21-12-13-23-22(14-21)24(17(3)25(20-10-11-20)28(23)18(4)29)27-26(30)33-15-19-8-6-5-7-9-19/h5-9,12-14,16-17,20,24-25H,10-11,15H2,1-4H3,(H,27,30)/t17-,24?,25-/m1/s1. The largest absolute Gasteiger partial charge is 0.445 e. The Morgan fingerprint density at radius 3 is 2.38 bits per heavy atom. The summed E-state index contributed by atoms with van der Waals surface area (Å²) >= 11 is 0. The second kappa shape index (κ2) is 9.41. The van der Waals surface area contributed by atoms with Gasteiger partial charge in [-0.25, -0.2) is 13.2 Å². The Morgan fingerprint density at radius 2 is 1.79 bits per heavy atom. The van der Waals surface area contributed by atoms with Gasteiger partial charge < -0.3 is 15.0 Å². The molecule has 0 bridgehead atoms. The minimum atomic E-state index is -3.53. The van der Waals surface area contributed by atoms with Crippen LogP contribution in [0.4, 0.5) is 10.5 Å². The first-order valence-corrected chi connectivity index (χ1v) is 13.3. The first-order valence-electron chi connectivity index (χ1n) is 11.8. The third kappa shape index (κ3) is 4.69. The van der Waals surface area contributed by atoms with Crippen LogP contribution in [0.25, 0.3) is 0 Å². The number of hydrogen-bond donors (Lipinski definition) is 1. The third-order valence-corrected chi connectivity index (χ3v) is 8.99. The molecule has 0 aromatic heterocycles. The summed E-state index contributed by atoms with van der Waals surface area (Å²) in [6, 6.07) is 13.7. The van der Waals surface area contributed by atoms with Crippen LogP contribution in [0.15, 0.2) is 53.4 Å². The lowest BCUT2D eigenvalue weighted by Gasteiger charge is -2.45. The molecule has 2 aliphatic rings. The highest BCUT2D eigenvalue weighted by Gasteiger charge is 2.48. The van der Waals surface area contributed by atoms with Crippen molar-refractivity contribution in [2.75, 3.05) is 4.90 Å². The molecule has 1 unspecified atom stereocenters. The van der Waals surface area contributed by atoms with E-state index in [0.29, 0.717) is 17.2 Å². The summed E-state index contributed by atoms with van der Waals surface area (Å²) in [6.45, 7) is 6.95. The molecule has 1 saturated carbocycles. The van der Waals surface area contributed by atoms with Gasteiger partial charge in [-0.2, -0.15) is 0 Å². The molecule has 2 amide bonds. The Balaban J connectivity index is 1.70. The molecule has 0 saturated heterocycles. The van der Waals surface area contributed by atoms with Gasteiger partial charge in [0.1, 0.15) is 6.61 Å². The van der Waals surface area contributed by atoms with Crippen LogP contribution in [-0.2, 0) is 26.0 Å². The first-order chi connectivity index (χ1) is 16.1. The van der Waals surface area contributed by atoms with Gasteiger partial charge in [-0.05, 0) is 61.9 Å². The topological polar surface area (TPSA) is 92.8 Å². The van der Waals surface area contributed by atoms with Crippen molar-refractivity contribution in [2.24, 2.45) is 11.8 Å². The van der Waals surface area contributed by atoms with Gasteiger partial charge in [0, 0.05) is 24.6 Å². The number of carbonyl (C=O) groups is 2. The van der Waals surface area contributed by atoms with Crippen molar-refractivity contribution in [3.63, 3.8) is 0 Å². The van der Waals surface area contributed by atoms with E-state index in [1.807, 2.05) is 37.3 Å². The molecular formula is C26H32N2O5S. The fraction of sp³-hybridized carbons (Fsp3) is 0.462. The molecule has 4 rings (SSSR count). The van der Waals surface area contributed by atoms with Crippen molar-refractivity contribution >= 4 is 27.5 Å². The van der Waals surface area contributed by atoms with Gasteiger partial charge in [0.2, 0.25) is 5.91 Å². The Bertz CT molecular complexity index is 1170. The zero-order valence-corrected chi connectivity index (χ0v) is 20.8. The van der Waals surface area contributed by atoms with Crippen LogP contribution in [0.2, 0.25) is 0 Å². The van der Waals surface area contributed by atoms with Gasteiger partial charge in [0.25, 0.3) is 0 Å². The number of carbonyl (C=O) groups excluding carboxylic acids is 2. The average molecular weight is 485 g/mol. The second-order valence-electron chi connectivity index (χ2n) is 9.57. The maximum Gasteiger partial charge on any atom is 0.407 e. The number of alkyl carbamates (subject to hydrolysis) is 1. The van der Waals surface area contributed by atoms with Crippen LogP contribution >= 0.6 is 0 Å². The lowest BCUT2D eigenvalue weighted by Crippen LogP contribution is -2.53. The molecule has 0 radical (unpaired) electrons. The Hall–Kier alpha value is -2.87. The summed E-state index contributed by atoms with van der Waals surface area (Å²) in [5.74, 6) is 0.149. The molecule has 1 aliphatic carbocycles. The van der Waals surface area contributed by atoms with E-state index >= 15 is 0 Å². The van der Waals surface area contributed by atoms with Gasteiger partial charge in [0.15, 0.2) is 9.84 Å². The Kier molecular flexibility index (Phi) is 6.71. The summed E-state index contributed by atoms with van der Waals surface area (Å²) in [5, 5.41) is 2.39. The van der Waals surface area contributed by atoms with Crippen molar-refractivity contribution in [2.45, 2.75) is 69.4 Å². The van der Waals surface area contributed by atoms with Crippen LogP contribution in [0.1, 0.15) is 57.7 Å². The average Bonchev–Trinajstić information content (AvgIpc) is 3.64. The van der Waals surface area contributed by atoms with E-state index in [9.17, 15) is 18.0 Å². The highest BCUT2D eigenvalue weighted by Crippen LogP contribution is 2.49. The predicted molar refractivity (Wildman–Crippen MR) is 130 cm³/mol. The minimum absolute atomic E-state index is 0.0722. The maximum atomic E-state index is 12.9. The Morgan fingerprint density at radius 1 is 1.12 bits per heavy atom. The zero-order valence-electron chi connectivity index (χ0n) is 20.0. The van der Waals surface area contributed by atoms with Gasteiger partial charge in [-0.15, -0.1) is 0 Å². The molecule has 1 N–H and O–H groups in total. The number of amides is 2. The monoisotopic (exact) mass is 484 g/mol. The van der Waals surface area contributed by atoms with Crippen molar-refractivity contribution in [1.82, 2.24) is 5.32 Å². The molecule has 2 aromatic rings. The number of nitrogens with one attached hydrogen (secondary N) is 1. The summed E-state index contributed by atoms with van der Waals surface area (Å²) in [6.07, 6.45) is 1.48. The summed E-state index contributed by atoms with van der Waals surface area (Å²) in [7, 11) is -3.53. The van der Waals surface area contributed by atoms with E-state index in [1.165, 1.54) is 6.92 Å². The van der Waals surface area contributed by atoms with Crippen LogP contribution in [0, 0.1) is 11.8 Å². The van der Waals surface area contributed by atoms with Crippen molar-refractivity contribution in [3.8, 4) is 0 Å². The van der Waals surface area contributed by atoms with E-state index < -0.39 is 27.2 Å². The fourth-order valence-electron chi connectivity index (χ4n) is 4.88. The molecule has 2 aromatic carbocycles. The first kappa shape index (κ1) is 24.3. The van der Waals surface area contributed by atoms with Crippen LogP contribution < -0.4 is 10.2 Å². The van der Waals surface area contributed by atoms with Crippen molar-refractivity contribution in [3.05, 3.63) is 59.7 Å². The lowest BCUT2D eigenvalue weighted by atomic mass is 9.80. The summed E-state index contributed by atoms with van der Waals surface area (Å²) < 4.78 is 31.3. The molecule has 182 valence electrons. The van der Waals surface area contributed by atoms with E-state index in [0.717, 1.165) is 18.4 Å². The molecule has 1 fully saturated rings. The number of hydrogen-bond acceptors (Lipinski definition) is 5. The zero-order chi connectivity index (χ0) is 24.6. The van der Waals surface area contributed by atoms with Gasteiger partial charge in [-0.3, -0.25) is 4.79 Å². The molecule has 8 heteroatoms. The number of rotatable bonds is 6. The van der Waals surface area contributed by atoms with Crippen LogP contribution in [-0.4, -0.2) is 31.7 Å². The quantitative estimate of drug-likeness (QED) is 0.646. The second-order valence-corrected chi connectivity index (χ2v) is 12.1. The summed E-state index contributed by atoms with van der Waals surface area (Å²) in [4.78, 5) is 27.5. The normalized spacial score (nSPS) is 22.3. The number of fused-ring (bicyclic) bond motifs is 1. The van der Waals surface area contributed by atoms with E-state index in [1.54, 1.807) is 36.9 Å². The van der Waals surface area contributed by atoms with Crippen molar-refractivity contribution < 1.29 is 22.7 Å². The highest BCUT2D eigenvalue weighted by molar-refractivity contribution is 7.92. The SMILES string of the molecule is CC(=O)N1c2ccc(S(=O)(=O)C(C)C)cc2C(NC(=O)OCc2ccccc2)[C@@H](C)[C@@H]1C1CC1. The lowest BCUT2D eigenvalue weighted by molar-refractivity contribution is -0.117. The molecule has 34 heavy (non-hydrogen) atoms. The van der Waals surface area contributed by atoms with Crippen LogP contribution in [0.5, 0.6) is 0 Å². The molecule has 3 atom stereocenters. The van der Waals surface area contributed by atoms with E-state index in [2.05, 4.69) is 5.32 Å². The molecule has 7 nitrogen and oxygen atoms in total. The highest BCUT2D eigenvalue weighted by atomic mass is 32.2. The number of anilines is 1. The van der Waals surface area contributed by atoms with Gasteiger partial charge in [0.05, 0.1) is 16.2 Å². The number of benzene rings is 2. The molecule has 0 spiro atoms. The smallest absolute Gasteiger partial charge is 0.407 e. The van der Waals surface area contributed by atoms with Crippen molar-refractivity contribution in [1.29, 1.82) is 0 Å². The number of sulfone groups is 1. The fourth-order valence-corrected chi connectivity index (χ4v) is 5.98. The molecule has 1 heterocycles. The molecule has 1 aliphatic heterocycles. The minimum Gasteiger partial charge on any atom is -0.445 e. The van der Waals surface area contributed by atoms with E-state index in [4.69, 9.17) is 4.74 Å². The molecular weight excluding hydrogens is 452 g/mol. The maximum absolute atomic E-state index is 12.9. The van der Waals surface area contributed by atoms with Gasteiger partial charge in [-0.1, -0.05) is 37.3 Å². The predicted octanol–water partition coefficient (Wildman–Crippen LogP) is 4.62. The number of nitrogens with zero attached hydrogens (tertiary/aromatic N) is 1. The Labute approximate surface area is 201 Å². The number of ether oxygens (including phenoxy) is 1. The van der Waals surface area contributed by atoms with E-state index in [-0.39, 0.29) is 29.4 Å². The van der Waals surface area contributed by atoms with Gasteiger partial charge >= 0.3 is 6.09 Å².